The maximum atomic E-state index is 10.7. The second-order valence-corrected chi connectivity index (χ2v) is 4.29. The lowest BCUT2D eigenvalue weighted by molar-refractivity contribution is -0.129. The Morgan fingerprint density at radius 1 is 1.61 bits per heavy atom. The first-order valence-corrected chi connectivity index (χ1v) is 5.95. The third-order valence-electron chi connectivity index (χ3n) is 2.36. The number of aromatic nitrogens is 2. The number of aliphatic carboxylic acids is 1. The van der Waals surface area contributed by atoms with Crippen molar-refractivity contribution in [3.05, 3.63) is 16.5 Å². The summed E-state index contributed by atoms with van der Waals surface area (Å²) in [6, 6.07) is 0. The summed E-state index contributed by atoms with van der Waals surface area (Å²) in [5.41, 5.74) is -0.346. The van der Waals surface area contributed by atoms with E-state index >= 15 is 0 Å². The second-order valence-electron chi connectivity index (χ2n) is 3.54. The van der Waals surface area contributed by atoms with E-state index in [1.807, 2.05) is 0 Å². The van der Waals surface area contributed by atoms with Gasteiger partial charge in [-0.1, -0.05) is 18.5 Å². The molecule has 0 saturated heterocycles. The number of hydrogen-bond donors (Lipinski definition) is 3. The van der Waals surface area contributed by atoms with E-state index in [1.165, 1.54) is 6.20 Å². The fourth-order valence-electron chi connectivity index (χ4n) is 1.31. The Bertz CT molecular complexity index is 467. The zero-order chi connectivity index (χ0) is 13.7. The monoisotopic (exact) mass is 290 g/mol. The van der Waals surface area contributed by atoms with E-state index in [9.17, 15) is 4.79 Å². The Morgan fingerprint density at radius 2 is 2.28 bits per heavy atom. The van der Waals surface area contributed by atoms with Crippen LogP contribution in [0.25, 0.3) is 0 Å². The molecule has 0 fully saturated rings. The van der Waals surface area contributed by atoms with Crippen molar-refractivity contribution < 1.29 is 9.90 Å². The van der Waals surface area contributed by atoms with Crippen molar-refractivity contribution in [3.63, 3.8) is 0 Å². The number of hydrogen-bond acceptors (Lipinski definition) is 5. The highest BCUT2D eigenvalue weighted by Crippen LogP contribution is 2.20. The van der Waals surface area contributed by atoms with Crippen LogP contribution < -0.4 is 5.32 Å². The summed E-state index contributed by atoms with van der Waals surface area (Å²) >= 11 is 11.5. The lowest BCUT2D eigenvalue weighted by Gasteiger charge is -2.15. The van der Waals surface area contributed by atoms with Crippen LogP contribution in [0.4, 0.5) is 5.82 Å². The van der Waals surface area contributed by atoms with Gasteiger partial charge in [0, 0.05) is 12.5 Å². The number of nitrogens with zero attached hydrogens (tertiary/aromatic N) is 2. The molecule has 0 radical (unpaired) electrons. The fraction of sp³-hybridized carbons (Fsp3) is 0.400. The molecule has 0 spiro atoms. The van der Waals surface area contributed by atoms with Crippen molar-refractivity contribution in [2.45, 2.75) is 13.3 Å². The minimum Gasteiger partial charge on any atom is -0.477 e. The minimum absolute atomic E-state index is 0.0447. The van der Waals surface area contributed by atoms with E-state index in [0.717, 1.165) is 0 Å². The summed E-state index contributed by atoms with van der Waals surface area (Å²) in [7, 11) is 0. The van der Waals surface area contributed by atoms with Crippen molar-refractivity contribution in [1.82, 2.24) is 9.97 Å². The van der Waals surface area contributed by atoms with Crippen LogP contribution in [-0.4, -0.2) is 33.3 Å². The molecule has 1 heterocycles. The van der Waals surface area contributed by atoms with Gasteiger partial charge in [0.25, 0.3) is 0 Å². The number of rotatable bonds is 6. The molecule has 1 aromatic rings. The predicted octanol–water partition coefficient (Wildman–Crippen LogP) is 2.33. The first-order valence-electron chi connectivity index (χ1n) is 5.19. The molecule has 0 aliphatic carbocycles. The molecule has 1 rings (SSSR count). The summed E-state index contributed by atoms with van der Waals surface area (Å²) in [4.78, 5) is 18.3. The number of nitrogens with one attached hydrogen (secondary N) is 2. The number of halogens is 2. The molecule has 1 aromatic heterocycles. The van der Waals surface area contributed by atoms with Gasteiger partial charge in [-0.05, 0) is 18.0 Å². The molecule has 0 aliphatic rings. The van der Waals surface area contributed by atoms with E-state index in [1.54, 1.807) is 6.92 Å². The predicted molar refractivity (Wildman–Crippen MR) is 69.7 cm³/mol. The highest BCUT2D eigenvalue weighted by molar-refractivity contribution is 6.35. The number of anilines is 1. The van der Waals surface area contributed by atoms with Crippen LogP contribution in [0.3, 0.4) is 0 Å². The maximum absolute atomic E-state index is 10.7. The highest BCUT2D eigenvalue weighted by atomic mass is 35.5. The highest BCUT2D eigenvalue weighted by Gasteiger charge is 2.19. The Balaban J connectivity index is 2.71. The van der Waals surface area contributed by atoms with Gasteiger partial charge in [0.1, 0.15) is 16.6 Å². The van der Waals surface area contributed by atoms with Crippen LogP contribution in [-0.2, 0) is 4.79 Å². The number of carbonyl (C=O) groups is 1. The summed E-state index contributed by atoms with van der Waals surface area (Å²) in [6.45, 7) is 2.05. The molecule has 0 amide bonds. The molecule has 1 atom stereocenters. The Labute approximate surface area is 114 Å². The Kier molecular flexibility index (Phi) is 5.30. The van der Waals surface area contributed by atoms with E-state index in [2.05, 4.69) is 15.3 Å². The van der Waals surface area contributed by atoms with E-state index in [-0.39, 0.29) is 22.6 Å². The van der Waals surface area contributed by atoms with Crippen LogP contribution in [0, 0.1) is 11.3 Å². The second kappa shape index (κ2) is 6.51. The third kappa shape index (κ3) is 3.82. The van der Waals surface area contributed by atoms with Crippen molar-refractivity contribution >= 4 is 40.7 Å². The first-order chi connectivity index (χ1) is 8.45. The zero-order valence-corrected chi connectivity index (χ0v) is 11.1. The average Bonchev–Trinajstić information content (AvgIpc) is 2.33. The smallest absolute Gasteiger partial charge is 0.349 e. The van der Waals surface area contributed by atoms with Crippen molar-refractivity contribution in [2.75, 3.05) is 11.9 Å². The van der Waals surface area contributed by atoms with E-state index < -0.39 is 11.9 Å². The average molecular weight is 291 g/mol. The zero-order valence-electron chi connectivity index (χ0n) is 9.57. The van der Waals surface area contributed by atoms with Crippen LogP contribution in [0.5, 0.6) is 0 Å². The van der Waals surface area contributed by atoms with Crippen LogP contribution in [0.2, 0.25) is 10.3 Å². The summed E-state index contributed by atoms with van der Waals surface area (Å²) in [5, 5.41) is 19.4. The van der Waals surface area contributed by atoms with Gasteiger partial charge < -0.3 is 10.4 Å². The van der Waals surface area contributed by atoms with Gasteiger partial charge in [-0.2, -0.15) is 4.98 Å². The summed E-state index contributed by atoms with van der Waals surface area (Å²) < 4.78 is 0. The van der Waals surface area contributed by atoms with E-state index in [0.29, 0.717) is 12.2 Å². The molecule has 0 bridgehead atoms. The first kappa shape index (κ1) is 14.7. The van der Waals surface area contributed by atoms with Gasteiger partial charge in [-0.25, -0.2) is 9.78 Å². The molecule has 98 valence electrons. The minimum atomic E-state index is -1.23. The molecule has 0 aliphatic heterocycles. The van der Waals surface area contributed by atoms with Gasteiger partial charge in [-0.15, -0.1) is 0 Å². The van der Waals surface area contributed by atoms with Gasteiger partial charge in [0.2, 0.25) is 5.28 Å². The van der Waals surface area contributed by atoms with E-state index in [4.69, 9.17) is 33.7 Å². The fourth-order valence-corrected chi connectivity index (χ4v) is 1.61. The lowest BCUT2D eigenvalue weighted by Crippen LogP contribution is -2.28. The van der Waals surface area contributed by atoms with Crippen LogP contribution >= 0.6 is 23.2 Å². The quantitative estimate of drug-likeness (QED) is 0.552. The Hall–Kier alpha value is -1.40. The largest absolute Gasteiger partial charge is 0.477 e. The standard InChI is InChI=1S/C10H12Cl2N4O2/c1-2-5(7(13)9(17)18)3-14-8-6(11)4-15-10(12)16-8/h4-5,13H,2-3H2,1H3,(H,17,18)(H,14,15,16)/t5-/m1/s1. The van der Waals surface area contributed by atoms with Crippen molar-refractivity contribution in [3.8, 4) is 0 Å². The van der Waals surface area contributed by atoms with Gasteiger partial charge in [0.15, 0.2) is 0 Å². The maximum Gasteiger partial charge on any atom is 0.349 e. The molecule has 0 saturated carbocycles. The Morgan fingerprint density at radius 3 is 2.83 bits per heavy atom. The lowest BCUT2D eigenvalue weighted by atomic mass is 10.0. The molecule has 8 heteroatoms. The van der Waals surface area contributed by atoms with Crippen LogP contribution in [0.15, 0.2) is 6.20 Å². The SMILES string of the molecule is CC[C@H](CNc1nc(Cl)ncc1Cl)C(=N)C(=O)O. The topological polar surface area (TPSA) is 99.0 Å². The van der Waals surface area contributed by atoms with Gasteiger partial charge in [-0.3, -0.25) is 5.41 Å². The molecule has 0 aromatic carbocycles. The van der Waals surface area contributed by atoms with Crippen LogP contribution in [0.1, 0.15) is 13.3 Å². The molecular weight excluding hydrogens is 279 g/mol. The van der Waals surface area contributed by atoms with Crippen molar-refractivity contribution in [2.24, 2.45) is 5.92 Å². The molecule has 18 heavy (non-hydrogen) atoms. The van der Waals surface area contributed by atoms with Gasteiger partial charge >= 0.3 is 5.97 Å². The summed E-state index contributed by atoms with van der Waals surface area (Å²) in [6.07, 6.45) is 1.87. The molecule has 6 nitrogen and oxygen atoms in total. The molecular formula is C10H12Cl2N4O2. The molecule has 0 unspecified atom stereocenters. The molecule has 3 N–H and O–H groups in total. The normalized spacial score (nSPS) is 11.9. The number of carboxylic acid groups (broad SMARTS) is 1. The number of carboxylic acids is 1. The van der Waals surface area contributed by atoms with Crippen molar-refractivity contribution in [1.29, 1.82) is 5.41 Å². The third-order valence-corrected chi connectivity index (χ3v) is 2.82. The van der Waals surface area contributed by atoms with Gasteiger partial charge in [0.05, 0.1) is 6.20 Å². The summed E-state index contributed by atoms with van der Waals surface area (Å²) in [5.74, 6) is -1.32.